The van der Waals surface area contributed by atoms with Gasteiger partial charge in [0.05, 0.1) is 5.56 Å². The summed E-state index contributed by atoms with van der Waals surface area (Å²) in [6.45, 7) is 0. The minimum Gasteiger partial charge on any atom is -0.383 e. The van der Waals surface area contributed by atoms with E-state index in [1.165, 1.54) is 6.20 Å². The molecule has 0 saturated heterocycles. The van der Waals surface area contributed by atoms with Gasteiger partial charge in [0, 0.05) is 16.0 Å². The van der Waals surface area contributed by atoms with Gasteiger partial charge in [-0.1, -0.05) is 15.9 Å². The lowest BCUT2D eigenvalue weighted by molar-refractivity contribution is 0.151. The van der Waals surface area contributed by atoms with Crippen molar-refractivity contribution in [3.05, 3.63) is 21.8 Å². The van der Waals surface area contributed by atoms with Gasteiger partial charge in [0.15, 0.2) is 0 Å². The third-order valence-electron chi connectivity index (χ3n) is 1.56. The summed E-state index contributed by atoms with van der Waals surface area (Å²) in [4.78, 5) is 3.64. The number of rotatable bonds is 2. The van der Waals surface area contributed by atoms with Crippen LogP contribution in [0.15, 0.2) is 10.7 Å². The quantitative estimate of drug-likeness (QED) is 0.851. The van der Waals surface area contributed by atoms with Crippen LogP contribution < -0.4 is 5.73 Å². The summed E-state index contributed by atoms with van der Waals surface area (Å²) >= 11 is 6.24. The van der Waals surface area contributed by atoms with Gasteiger partial charge in [-0.15, -0.1) is 0 Å². The fourth-order valence-electron chi connectivity index (χ4n) is 0.936. The van der Waals surface area contributed by atoms with Gasteiger partial charge in [-0.3, -0.25) is 0 Å². The molecular formula is C7H6Br2F2N2. The van der Waals surface area contributed by atoms with Crippen molar-refractivity contribution in [1.29, 1.82) is 0 Å². The number of aromatic nitrogens is 1. The Labute approximate surface area is 90.8 Å². The first-order valence-corrected chi connectivity index (χ1v) is 5.26. The normalized spacial score (nSPS) is 10.8. The molecule has 0 fully saturated rings. The number of nitrogens with zero attached hydrogens (tertiary/aromatic N) is 1. The molecule has 72 valence electrons. The molecule has 0 amide bonds. The first kappa shape index (κ1) is 10.8. The molecule has 0 bridgehead atoms. The monoisotopic (exact) mass is 314 g/mol. The average Bonchev–Trinajstić information content (AvgIpc) is 2.07. The van der Waals surface area contributed by atoms with Crippen LogP contribution >= 0.6 is 31.9 Å². The fourth-order valence-corrected chi connectivity index (χ4v) is 2.37. The smallest absolute Gasteiger partial charge is 0.267 e. The fraction of sp³-hybridized carbons (Fsp3) is 0.286. The zero-order chi connectivity index (χ0) is 10.0. The van der Waals surface area contributed by atoms with Crippen LogP contribution in [0.2, 0.25) is 0 Å². The number of alkyl halides is 3. The molecule has 0 atom stereocenters. The predicted molar refractivity (Wildman–Crippen MR) is 53.9 cm³/mol. The van der Waals surface area contributed by atoms with Crippen molar-refractivity contribution in [1.82, 2.24) is 4.98 Å². The van der Waals surface area contributed by atoms with Gasteiger partial charge in [-0.25, -0.2) is 13.8 Å². The van der Waals surface area contributed by atoms with E-state index in [0.717, 1.165) is 0 Å². The Morgan fingerprint density at radius 2 is 2.15 bits per heavy atom. The average molecular weight is 316 g/mol. The van der Waals surface area contributed by atoms with E-state index in [1.807, 2.05) is 0 Å². The number of nitrogen functional groups attached to an aromatic ring is 1. The van der Waals surface area contributed by atoms with E-state index < -0.39 is 6.43 Å². The van der Waals surface area contributed by atoms with E-state index in [-0.39, 0.29) is 11.4 Å². The molecule has 2 N–H and O–H groups in total. The highest BCUT2D eigenvalue weighted by molar-refractivity contribution is 9.10. The van der Waals surface area contributed by atoms with Crippen molar-refractivity contribution in [3.63, 3.8) is 0 Å². The Morgan fingerprint density at radius 1 is 1.54 bits per heavy atom. The number of hydrogen-bond donors (Lipinski definition) is 1. The summed E-state index contributed by atoms with van der Waals surface area (Å²) in [5.74, 6) is -0.118. The third-order valence-corrected chi connectivity index (χ3v) is 2.80. The standard InChI is InChI=1S/C7H6Br2F2N2/c8-1-3-4(9)2-13-7(12)5(3)6(10)11/h2,6H,1H2,(H2,12,13). The first-order chi connectivity index (χ1) is 6.07. The van der Waals surface area contributed by atoms with Crippen molar-refractivity contribution >= 4 is 37.7 Å². The summed E-state index contributed by atoms with van der Waals surface area (Å²) in [7, 11) is 0. The van der Waals surface area contributed by atoms with E-state index in [9.17, 15) is 8.78 Å². The second-order valence-corrected chi connectivity index (χ2v) is 3.73. The van der Waals surface area contributed by atoms with E-state index in [2.05, 4.69) is 36.8 Å². The number of pyridine rings is 1. The summed E-state index contributed by atoms with van der Waals surface area (Å²) in [6.07, 6.45) is -1.19. The van der Waals surface area contributed by atoms with Crippen molar-refractivity contribution in [2.24, 2.45) is 0 Å². The lowest BCUT2D eigenvalue weighted by Crippen LogP contribution is -2.02. The molecule has 0 radical (unpaired) electrons. The second-order valence-electron chi connectivity index (χ2n) is 2.32. The van der Waals surface area contributed by atoms with Crippen LogP contribution in [0.3, 0.4) is 0 Å². The summed E-state index contributed by atoms with van der Waals surface area (Å²) < 4.78 is 25.5. The van der Waals surface area contributed by atoms with Crippen LogP contribution in [0.4, 0.5) is 14.6 Å². The third kappa shape index (κ3) is 2.17. The molecule has 0 spiro atoms. The van der Waals surface area contributed by atoms with Gasteiger partial charge >= 0.3 is 0 Å². The minimum atomic E-state index is -2.60. The van der Waals surface area contributed by atoms with Crippen LogP contribution in [-0.4, -0.2) is 4.98 Å². The zero-order valence-corrected chi connectivity index (χ0v) is 9.57. The van der Waals surface area contributed by atoms with Gasteiger partial charge in [0.1, 0.15) is 5.82 Å². The summed E-state index contributed by atoms with van der Waals surface area (Å²) in [5.41, 5.74) is 5.58. The van der Waals surface area contributed by atoms with E-state index in [1.54, 1.807) is 0 Å². The molecule has 0 aromatic carbocycles. The second kappa shape index (κ2) is 4.32. The predicted octanol–water partition coefficient (Wildman–Crippen LogP) is 3.26. The minimum absolute atomic E-state index is 0.118. The molecule has 13 heavy (non-hydrogen) atoms. The maximum absolute atomic E-state index is 12.5. The summed E-state index contributed by atoms with van der Waals surface area (Å²) in [5, 5.41) is 0.319. The Hall–Kier alpha value is -0.230. The van der Waals surface area contributed by atoms with E-state index in [4.69, 9.17) is 5.73 Å². The molecule has 1 rings (SSSR count). The Bertz CT molecular complexity index is 318. The molecule has 0 saturated carbocycles. The van der Waals surface area contributed by atoms with Crippen LogP contribution in [0.5, 0.6) is 0 Å². The van der Waals surface area contributed by atoms with E-state index >= 15 is 0 Å². The maximum Gasteiger partial charge on any atom is 0.267 e. The van der Waals surface area contributed by atoms with Crippen molar-refractivity contribution in [2.45, 2.75) is 11.8 Å². The first-order valence-electron chi connectivity index (χ1n) is 3.34. The number of anilines is 1. The Balaban J connectivity index is 3.35. The van der Waals surface area contributed by atoms with Crippen LogP contribution in [0.1, 0.15) is 17.6 Å². The SMILES string of the molecule is Nc1ncc(Br)c(CBr)c1C(F)F. The molecule has 1 aromatic heterocycles. The number of halogens is 4. The molecule has 1 aromatic rings. The maximum atomic E-state index is 12.5. The molecule has 0 aliphatic heterocycles. The topological polar surface area (TPSA) is 38.9 Å². The molecule has 1 heterocycles. The molecule has 0 aliphatic carbocycles. The van der Waals surface area contributed by atoms with Gasteiger partial charge in [-0.05, 0) is 21.5 Å². The lowest BCUT2D eigenvalue weighted by Gasteiger charge is -2.10. The summed E-state index contributed by atoms with van der Waals surface area (Å²) in [6, 6.07) is 0. The zero-order valence-electron chi connectivity index (χ0n) is 6.40. The highest BCUT2D eigenvalue weighted by Gasteiger charge is 2.19. The van der Waals surface area contributed by atoms with Crippen LogP contribution in [0, 0.1) is 0 Å². The van der Waals surface area contributed by atoms with Crippen LogP contribution in [0.25, 0.3) is 0 Å². The Kier molecular flexibility index (Phi) is 3.61. The van der Waals surface area contributed by atoms with Crippen molar-refractivity contribution in [2.75, 3.05) is 5.73 Å². The van der Waals surface area contributed by atoms with Gasteiger partial charge in [-0.2, -0.15) is 0 Å². The van der Waals surface area contributed by atoms with Crippen molar-refractivity contribution in [3.8, 4) is 0 Å². The molecule has 0 unspecified atom stereocenters. The highest BCUT2D eigenvalue weighted by atomic mass is 79.9. The van der Waals surface area contributed by atoms with E-state index in [0.29, 0.717) is 15.4 Å². The number of hydrogen-bond acceptors (Lipinski definition) is 2. The highest BCUT2D eigenvalue weighted by Crippen LogP contribution is 2.32. The van der Waals surface area contributed by atoms with Crippen molar-refractivity contribution < 1.29 is 8.78 Å². The Morgan fingerprint density at radius 3 is 2.54 bits per heavy atom. The largest absolute Gasteiger partial charge is 0.383 e. The molecular weight excluding hydrogens is 310 g/mol. The van der Waals surface area contributed by atoms with Gasteiger partial charge in [0.25, 0.3) is 6.43 Å². The van der Waals surface area contributed by atoms with Crippen LogP contribution in [-0.2, 0) is 5.33 Å². The number of nitrogens with two attached hydrogens (primary N) is 1. The molecule has 2 nitrogen and oxygen atoms in total. The van der Waals surface area contributed by atoms with Gasteiger partial charge < -0.3 is 5.73 Å². The molecule has 6 heteroatoms. The lowest BCUT2D eigenvalue weighted by atomic mass is 10.1. The van der Waals surface area contributed by atoms with Gasteiger partial charge in [0.2, 0.25) is 0 Å². The molecule has 0 aliphatic rings.